The predicted molar refractivity (Wildman–Crippen MR) is 169 cm³/mol. The van der Waals surface area contributed by atoms with Crippen molar-refractivity contribution >= 4 is 40.9 Å². The summed E-state index contributed by atoms with van der Waals surface area (Å²) in [5.74, 6) is -0.979. The van der Waals surface area contributed by atoms with Crippen LogP contribution in [0.25, 0.3) is 34.3 Å². The number of anilines is 1. The molecule has 1 aromatic heterocycles. The first-order chi connectivity index (χ1) is 19.9. The van der Waals surface area contributed by atoms with Gasteiger partial charge in [-0.15, -0.1) is 0 Å². The van der Waals surface area contributed by atoms with Gasteiger partial charge in [0.15, 0.2) is 5.11 Å². The molecule has 2 heterocycles. The van der Waals surface area contributed by atoms with Gasteiger partial charge < -0.3 is 4.57 Å². The van der Waals surface area contributed by atoms with E-state index in [0.29, 0.717) is 5.69 Å². The molecule has 1 N–H and O–H groups in total. The van der Waals surface area contributed by atoms with Crippen LogP contribution in [0.1, 0.15) is 16.7 Å². The molecule has 200 valence electrons. The van der Waals surface area contributed by atoms with Crippen molar-refractivity contribution in [1.82, 2.24) is 9.88 Å². The molecule has 41 heavy (non-hydrogen) atoms. The molecule has 0 saturated carbocycles. The highest BCUT2D eigenvalue weighted by Crippen LogP contribution is 2.37. The Bertz CT molecular complexity index is 1820. The maximum Gasteiger partial charge on any atom is 0.270 e. The van der Waals surface area contributed by atoms with Crippen LogP contribution in [0.3, 0.4) is 0 Å². The summed E-state index contributed by atoms with van der Waals surface area (Å²) >= 11 is 5.47. The number of nitrogens with zero attached hydrogens (tertiary/aromatic N) is 2. The van der Waals surface area contributed by atoms with Crippen LogP contribution in [-0.2, 0) is 9.59 Å². The molecule has 5 nitrogen and oxygen atoms in total. The fraction of sp³-hybridized carbons (Fsp3) is 0.0571. The minimum Gasteiger partial charge on any atom is -0.309 e. The number of para-hydroxylation sites is 1. The number of benzene rings is 4. The molecule has 1 saturated heterocycles. The van der Waals surface area contributed by atoms with Gasteiger partial charge >= 0.3 is 0 Å². The van der Waals surface area contributed by atoms with Gasteiger partial charge in [0.2, 0.25) is 0 Å². The summed E-state index contributed by atoms with van der Waals surface area (Å²) in [4.78, 5) is 28.7. The third-order valence-electron chi connectivity index (χ3n) is 7.16. The van der Waals surface area contributed by atoms with Crippen molar-refractivity contribution in [3.8, 4) is 28.2 Å². The van der Waals surface area contributed by atoms with Crippen molar-refractivity contribution in [2.45, 2.75) is 13.8 Å². The maximum absolute atomic E-state index is 14.0. The molecule has 0 aliphatic carbocycles. The average molecular weight is 554 g/mol. The van der Waals surface area contributed by atoms with Crippen LogP contribution in [-0.4, -0.2) is 21.5 Å². The number of nitrogens with one attached hydrogen (secondary N) is 1. The highest BCUT2D eigenvalue weighted by Gasteiger charge is 2.35. The number of hydrogen-bond donors (Lipinski definition) is 1. The first kappa shape index (κ1) is 26.2. The standard InChI is InChI=1S/C35H27N3O2S/c1-23-18-19-30(24(2)20-23)38-34(40)29(33(39)36-35(38)41)21-27-22-31(25-12-6-3-7-13-25)37(28-16-10-5-11-17-28)32(27)26-14-8-4-9-15-26/h3-22H,1-2H3,(H,36,39,41)/b29-21-. The molecule has 1 aliphatic heterocycles. The zero-order valence-corrected chi connectivity index (χ0v) is 23.5. The van der Waals surface area contributed by atoms with Gasteiger partial charge in [-0.1, -0.05) is 96.6 Å². The second kappa shape index (κ2) is 10.8. The van der Waals surface area contributed by atoms with Crippen molar-refractivity contribution in [3.63, 3.8) is 0 Å². The molecule has 0 atom stereocenters. The molecule has 0 unspecified atom stereocenters. The van der Waals surface area contributed by atoms with Crippen LogP contribution in [0.2, 0.25) is 0 Å². The van der Waals surface area contributed by atoms with E-state index in [1.807, 2.05) is 105 Å². The Kier molecular flexibility index (Phi) is 6.91. The largest absolute Gasteiger partial charge is 0.309 e. The van der Waals surface area contributed by atoms with E-state index in [9.17, 15) is 9.59 Å². The minimum atomic E-state index is -0.520. The van der Waals surface area contributed by atoms with Gasteiger partial charge in [-0.05, 0) is 73.1 Å². The van der Waals surface area contributed by atoms with Crippen LogP contribution in [0.15, 0.2) is 121 Å². The first-order valence-corrected chi connectivity index (χ1v) is 13.7. The molecule has 1 aliphatic rings. The lowest BCUT2D eigenvalue weighted by atomic mass is 10.0. The minimum absolute atomic E-state index is 0.0144. The van der Waals surface area contributed by atoms with Crippen LogP contribution < -0.4 is 10.2 Å². The highest BCUT2D eigenvalue weighted by molar-refractivity contribution is 7.80. The number of carbonyl (C=O) groups is 2. The highest BCUT2D eigenvalue weighted by atomic mass is 32.1. The van der Waals surface area contributed by atoms with Crippen molar-refractivity contribution in [2.75, 3.05) is 4.90 Å². The second-order valence-corrected chi connectivity index (χ2v) is 10.4. The van der Waals surface area contributed by atoms with Crippen molar-refractivity contribution in [1.29, 1.82) is 0 Å². The second-order valence-electron chi connectivity index (χ2n) is 9.98. The number of rotatable bonds is 5. The van der Waals surface area contributed by atoms with Crippen LogP contribution in [0.4, 0.5) is 5.69 Å². The summed E-state index contributed by atoms with van der Waals surface area (Å²) in [6, 6.07) is 38.0. The van der Waals surface area contributed by atoms with Gasteiger partial charge in [0.05, 0.1) is 17.1 Å². The van der Waals surface area contributed by atoms with E-state index in [1.54, 1.807) is 6.08 Å². The van der Waals surface area contributed by atoms with Gasteiger partial charge in [0, 0.05) is 11.3 Å². The average Bonchev–Trinajstić information content (AvgIpc) is 3.37. The number of amides is 2. The topological polar surface area (TPSA) is 54.3 Å². The number of aromatic nitrogens is 1. The van der Waals surface area contributed by atoms with Crippen LogP contribution in [0, 0.1) is 13.8 Å². The lowest BCUT2D eigenvalue weighted by molar-refractivity contribution is -0.122. The van der Waals surface area contributed by atoms with E-state index in [2.05, 4.69) is 34.1 Å². The molecule has 0 spiro atoms. The number of hydrogen-bond acceptors (Lipinski definition) is 3. The van der Waals surface area contributed by atoms with Crippen LogP contribution in [0.5, 0.6) is 0 Å². The quantitative estimate of drug-likeness (QED) is 0.142. The van der Waals surface area contributed by atoms with Crippen LogP contribution >= 0.6 is 12.2 Å². The normalized spacial score (nSPS) is 14.4. The summed E-state index contributed by atoms with van der Waals surface area (Å²) in [6.07, 6.45) is 1.68. The SMILES string of the molecule is Cc1ccc(N2C(=O)/C(=C\c3cc(-c4ccccc4)n(-c4ccccc4)c3-c3ccccc3)C(=O)NC2=S)c(C)c1. The van der Waals surface area contributed by atoms with Gasteiger partial charge in [-0.3, -0.25) is 19.8 Å². The van der Waals surface area contributed by atoms with E-state index in [1.165, 1.54) is 4.90 Å². The first-order valence-electron chi connectivity index (χ1n) is 13.3. The molecule has 1 fully saturated rings. The third kappa shape index (κ3) is 4.90. The summed E-state index contributed by atoms with van der Waals surface area (Å²) in [6.45, 7) is 3.92. The Balaban J connectivity index is 1.59. The van der Waals surface area contributed by atoms with Gasteiger partial charge in [0.25, 0.3) is 11.8 Å². The number of thiocarbonyl (C=S) groups is 1. The van der Waals surface area contributed by atoms with Gasteiger partial charge in [0.1, 0.15) is 5.57 Å². The summed E-state index contributed by atoms with van der Waals surface area (Å²) in [5.41, 5.74) is 8.10. The molecular formula is C35H27N3O2S. The number of carbonyl (C=O) groups excluding carboxylic acids is 2. The molecule has 6 heteroatoms. The zero-order valence-electron chi connectivity index (χ0n) is 22.7. The third-order valence-corrected chi connectivity index (χ3v) is 7.44. The Hall–Kier alpha value is -5.07. The summed E-state index contributed by atoms with van der Waals surface area (Å²) in [5, 5.41) is 2.81. The fourth-order valence-corrected chi connectivity index (χ4v) is 5.56. The Morgan fingerprint density at radius 3 is 1.98 bits per heavy atom. The molecule has 5 aromatic rings. The van der Waals surface area contributed by atoms with E-state index in [0.717, 1.165) is 44.9 Å². The van der Waals surface area contributed by atoms with Crippen molar-refractivity contribution in [3.05, 3.63) is 138 Å². The predicted octanol–water partition coefficient (Wildman–Crippen LogP) is 7.26. The monoisotopic (exact) mass is 553 g/mol. The molecule has 2 amide bonds. The lowest BCUT2D eigenvalue weighted by Crippen LogP contribution is -2.54. The van der Waals surface area contributed by atoms with E-state index in [4.69, 9.17) is 12.2 Å². The smallest absolute Gasteiger partial charge is 0.270 e. The van der Waals surface area contributed by atoms with Crippen molar-refractivity contribution < 1.29 is 9.59 Å². The lowest BCUT2D eigenvalue weighted by Gasteiger charge is -2.30. The molecule has 4 aromatic carbocycles. The molecule has 0 bridgehead atoms. The zero-order chi connectivity index (χ0) is 28.5. The van der Waals surface area contributed by atoms with E-state index in [-0.39, 0.29) is 10.7 Å². The van der Waals surface area contributed by atoms with Gasteiger partial charge in [-0.2, -0.15) is 0 Å². The van der Waals surface area contributed by atoms with E-state index < -0.39 is 11.8 Å². The molecule has 6 rings (SSSR count). The summed E-state index contributed by atoms with van der Waals surface area (Å²) < 4.78 is 2.18. The van der Waals surface area contributed by atoms with Gasteiger partial charge in [-0.25, -0.2) is 0 Å². The van der Waals surface area contributed by atoms with Crippen molar-refractivity contribution in [2.24, 2.45) is 0 Å². The Morgan fingerprint density at radius 2 is 1.34 bits per heavy atom. The van der Waals surface area contributed by atoms with E-state index >= 15 is 0 Å². The fourth-order valence-electron chi connectivity index (χ4n) is 5.29. The maximum atomic E-state index is 14.0. The molecular weight excluding hydrogens is 526 g/mol. The Morgan fingerprint density at radius 1 is 0.732 bits per heavy atom. The number of aryl methyl sites for hydroxylation is 2. The molecule has 0 radical (unpaired) electrons. The summed E-state index contributed by atoms with van der Waals surface area (Å²) in [7, 11) is 0. The Labute approximate surface area is 244 Å².